The van der Waals surface area contributed by atoms with Crippen molar-refractivity contribution in [3.63, 3.8) is 0 Å². The molecule has 0 saturated carbocycles. The van der Waals surface area contributed by atoms with Gasteiger partial charge in [0.1, 0.15) is 0 Å². The van der Waals surface area contributed by atoms with Gasteiger partial charge in [-0.25, -0.2) is 8.42 Å². The second kappa shape index (κ2) is 9.73. The number of hydrogen-bond donors (Lipinski definition) is 2. The maximum atomic E-state index is 13.5. The number of likely N-dealkylation sites (tertiary alicyclic amines) is 1. The zero-order valence-corrected chi connectivity index (χ0v) is 20.5. The van der Waals surface area contributed by atoms with Gasteiger partial charge < -0.3 is 15.1 Å². The highest BCUT2D eigenvalue weighted by Crippen LogP contribution is 2.29. The van der Waals surface area contributed by atoms with Crippen LogP contribution < -0.4 is 14.9 Å². The maximum Gasteiger partial charge on any atom is 0.261 e. The molecule has 2 aromatic rings. The maximum absolute atomic E-state index is 13.5. The van der Waals surface area contributed by atoms with Crippen molar-refractivity contribution in [3.8, 4) is 0 Å². The fourth-order valence-electron chi connectivity index (χ4n) is 4.43. The third-order valence-electron chi connectivity index (χ3n) is 6.80. The van der Waals surface area contributed by atoms with Crippen LogP contribution in [-0.4, -0.2) is 58.5 Å². The van der Waals surface area contributed by atoms with E-state index in [2.05, 4.69) is 21.9 Å². The number of piperazine rings is 1. The van der Waals surface area contributed by atoms with E-state index < -0.39 is 10.0 Å². The lowest BCUT2D eigenvalue weighted by Gasteiger charge is -2.34. The Balaban J connectivity index is 1.65. The minimum absolute atomic E-state index is 0.0253. The van der Waals surface area contributed by atoms with E-state index in [1.807, 2.05) is 30.9 Å². The number of nitrogens with one attached hydrogen (secondary N) is 2. The quantitative estimate of drug-likeness (QED) is 0.700. The van der Waals surface area contributed by atoms with Crippen molar-refractivity contribution in [1.82, 2.24) is 10.2 Å². The summed E-state index contributed by atoms with van der Waals surface area (Å²) in [6.07, 6.45) is 1.99. The second-order valence-corrected chi connectivity index (χ2v) is 11.0. The van der Waals surface area contributed by atoms with Gasteiger partial charge in [-0.15, -0.1) is 0 Å². The van der Waals surface area contributed by atoms with E-state index in [4.69, 9.17) is 0 Å². The number of rotatable bonds is 5. The lowest BCUT2D eigenvalue weighted by atomic mass is 9.98. The molecule has 2 fully saturated rings. The van der Waals surface area contributed by atoms with Crippen LogP contribution in [0.15, 0.2) is 41.3 Å². The number of amides is 1. The van der Waals surface area contributed by atoms with Crippen molar-refractivity contribution >= 4 is 27.3 Å². The Morgan fingerprint density at radius 2 is 1.67 bits per heavy atom. The van der Waals surface area contributed by atoms with Crippen molar-refractivity contribution in [2.45, 2.75) is 38.5 Å². The summed E-state index contributed by atoms with van der Waals surface area (Å²) < 4.78 is 28.8. The van der Waals surface area contributed by atoms with E-state index in [1.165, 1.54) is 0 Å². The van der Waals surface area contributed by atoms with Crippen LogP contribution in [0.25, 0.3) is 0 Å². The first-order chi connectivity index (χ1) is 15.7. The molecule has 2 aliphatic rings. The highest BCUT2D eigenvalue weighted by Gasteiger charge is 2.26. The van der Waals surface area contributed by atoms with Gasteiger partial charge in [-0.3, -0.25) is 9.52 Å². The fraction of sp³-hybridized carbons (Fsp3) is 0.480. The lowest BCUT2D eigenvalue weighted by molar-refractivity contribution is 0.0698. The van der Waals surface area contributed by atoms with Crippen LogP contribution in [0.5, 0.6) is 0 Å². The summed E-state index contributed by atoms with van der Waals surface area (Å²) in [5.41, 5.74) is 3.79. The first kappa shape index (κ1) is 23.6. The van der Waals surface area contributed by atoms with Crippen LogP contribution in [0.4, 0.5) is 11.4 Å². The Labute approximate surface area is 197 Å². The molecule has 2 N–H and O–H groups in total. The van der Waals surface area contributed by atoms with E-state index in [0.717, 1.165) is 68.9 Å². The van der Waals surface area contributed by atoms with E-state index >= 15 is 0 Å². The van der Waals surface area contributed by atoms with Gasteiger partial charge in [-0.1, -0.05) is 13.0 Å². The average molecular weight is 471 g/mol. The molecule has 7 nitrogen and oxygen atoms in total. The molecule has 0 aromatic heterocycles. The van der Waals surface area contributed by atoms with Crippen molar-refractivity contribution in [3.05, 3.63) is 53.1 Å². The van der Waals surface area contributed by atoms with Gasteiger partial charge in [0, 0.05) is 50.6 Å². The number of aryl methyl sites for hydroxylation is 2. The highest BCUT2D eigenvalue weighted by atomic mass is 32.2. The molecular weight excluding hydrogens is 436 g/mol. The molecule has 0 aliphatic carbocycles. The van der Waals surface area contributed by atoms with Crippen molar-refractivity contribution < 1.29 is 13.2 Å². The van der Waals surface area contributed by atoms with E-state index in [0.29, 0.717) is 17.2 Å². The monoisotopic (exact) mass is 470 g/mol. The molecule has 4 rings (SSSR count). The van der Waals surface area contributed by atoms with Gasteiger partial charge in [0.15, 0.2) is 0 Å². The Kier molecular flexibility index (Phi) is 6.95. The molecule has 8 heteroatoms. The van der Waals surface area contributed by atoms with Crippen LogP contribution in [0, 0.1) is 19.8 Å². The molecule has 0 unspecified atom stereocenters. The topological polar surface area (TPSA) is 81.8 Å². The summed E-state index contributed by atoms with van der Waals surface area (Å²) >= 11 is 0. The molecule has 178 valence electrons. The van der Waals surface area contributed by atoms with Crippen LogP contribution in [0.2, 0.25) is 0 Å². The molecule has 2 aromatic carbocycles. The van der Waals surface area contributed by atoms with Gasteiger partial charge in [-0.05, 0) is 74.1 Å². The summed E-state index contributed by atoms with van der Waals surface area (Å²) in [6, 6.07) is 10.4. The Morgan fingerprint density at radius 1 is 0.970 bits per heavy atom. The number of benzene rings is 2. The average Bonchev–Trinajstić information content (AvgIpc) is 2.81. The van der Waals surface area contributed by atoms with Crippen LogP contribution in [-0.2, 0) is 10.0 Å². The zero-order valence-electron chi connectivity index (χ0n) is 19.7. The van der Waals surface area contributed by atoms with Gasteiger partial charge in [0.05, 0.1) is 10.5 Å². The first-order valence-corrected chi connectivity index (χ1v) is 13.2. The standard InChI is InChI=1S/C25H34N4O3S/c1-18-8-12-29(13-9-18)25(30)23-17-21(5-7-24(23)28-14-10-26-11-15-28)27-33(31,32)22-6-4-19(2)20(3)16-22/h4-7,16-18,26-27H,8-15H2,1-3H3. The van der Waals surface area contributed by atoms with Crippen LogP contribution >= 0.6 is 0 Å². The molecule has 33 heavy (non-hydrogen) atoms. The van der Waals surface area contributed by atoms with E-state index in [-0.39, 0.29) is 10.8 Å². The second-order valence-electron chi connectivity index (χ2n) is 9.30. The van der Waals surface area contributed by atoms with E-state index in [9.17, 15) is 13.2 Å². The van der Waals surface area contributed by atoms with Crippen molar-refractivity contribution in [2.24, 2.45) is 5.92 Å². The fourth-order valence-corrected chi connectivity index (χ4v) is 5.56. The summed E-state index contributed by atoms with van der Waals surface area (Å²) in [5.74, 6) is 0.598. The minimum atomic E-state index is -3.76. The predicted molar refractivity (Wildman–Crippen MR) is 133 cm³/mol. The first-order valence-electron chi connectivity index (χ1n) is 11.7. The molecule has 2 aliphatic heterocycles. The normalized spacial score (nSPS) is 17.8. The van der Waals surface area contributed by atoms with Gasteiger partial charge >= 0.3 is 0 Å². The van der Waals surface area contributed by atoms with Crippen LogP contribution in [0.1, 0.15) is 41.3 Å². The van der Waals surface area contributed by atoms with Crippen LogP contribution in [0.3, 0.4) is 0 Å². The SMILES string of the molecule is Cc1ccc(S(=O)(=O)Nc2ccc(N3CCNCC3)c(C(=O)N3CCC(C)CC3)c2)cc1C. The third kappa shape index (κ3) is 5.33. The Hall–Kier alpha value is -2.58. The summed E-state index contributed by atoms with van der Waals surface area (Å²) in [7, 11) is -3.76. The van der Waals surface area contributed by atoms with Crippen molar-refractivity contribution in [2.75, 3.05) is 48.9 Å². The molecule has 2 saturated heterocycles. The summed E-state index contributed by atoms with van der Waals surface area (Å²) in [4.78, 5) is 17.9. The molecule has 0 bridgehead atoms. The number of anilines is 2. The van der Waals surface area contributed by atoms with Crippen molar-refractivity contribution in [1.29, 1.82) is 0 Å². The number of piperidine rings is 1. The minimum Gasteiger partial charge on any atom is -0.368 e. The molecule has 0 spiro atoms. The summed E-state index contributed by atoms with van der Waals surface area (Å²) in [5, 5.41) is 3.34. The molecule has 2 heterocycles. The van der Waals surface area contributed by atoms with E-state index in [1.54, 1.807) is 24.3 Å². The highest BCUT2D eigenvalue weighted by molar-refractivity contribution is 7.92. The van der Waals surface area contributed by atoms with Gasteiger partial charge in [-0.2, -0.15) is 0 Å². The number of carbonyl (C=O) groups is 1. The number of nitrogens with zero attached hydrogens (tertiary/aromatic N) is 2. The third-order valence-corrected chi connectivity index (χ3v) is 8.18. The number of carbonyl (C=O) groups excluding carboxylic acids is 1. The molecule has 0 radical (unpaired) electrons. The van der Waals surface area contributed by atoms with Gasteiger partial charge in [0.2, 0.25) is 0 Å². The largest absolute Gasteiger partial charge is 0.368 e. The predicted octanol–water partition coefficient (Wildman–Crippen LogP) is 3.39. The molecule has 1 amide bonds. The molecule has 0 atom stereocenters. The number of hydrogen-bond acceptors (Lipinski definition) is 5. The Bertz CT molecular complexity index is 1120. The number of sulfonamides is 1. The Morgan fingerprint density at radius 3 is 2.33 bits per heavy atom. The summed E-state index contributed by atoms with van der Waals surface area (Å²) in [6.45, 7) is 10.9. The lowest BCUT2D eigenvalue weighted by Crippen LogP contribution is -2.45. The zero-order chi connectivity index (χ0) is 23.6. The molecular formula is C25H34N4O3S. The van der Waals surface area contributed by atoms with Gasteiger partial charge in [0.25, 0.3) is 15.9 Å². The smallest absolute Gasteiger partial charge is 0.261 e.